The topological polar surface area (TPSA) is 95.9 Å². The zero-order valence-corrected chi connectivity index (χ0v) is 21.2. The number of aliphatic hydroxyl groups excluding tert-OH is 1. The van der Waals surface area contributed by atoms with E-state index < -0.39 is 12.1 Å². The second kappa shape index (κ2) is 11.5. The average Bonchev–Trinajstić information content (AvgIpc) is 2.91. The summed E-state index contributed by atoms with van der Waals surface area (Å²) in [6, 6.07) is 12.6. The van der Waals surface area contributed by atoms with Crippen LogP contribution in [0.1, 0.15) is 29.9 Å². The molecule has 0 bridgehead atoms. The number of rotatable bonds is 7. The van der Waals surface area contributed by atoms with Gasteiger partial charge in [-0.3, -0.25) is 14.6 Å². The molecule has 0 spiro atoms. The number of hydrogen-bond acceptors (Lipinski definition) is 6. The summed E-state index contributed by atoms with van der Waals surface area (Å²) in [5.41, 5.74) is 2.28. The first-order chi connectivity index (χ1) is 17.8. The molecule has 1 aromatic carbocycles. The molecule has 0 aliphatic carbocycles. The van der Waals surface area contributed by atoms with Crippen LogP contribution in [0.3, 0.4) is 0 Å². The number of aromatic nitrogens is 2. The summed E-state index contributed by atoms with van der Waals surface area (Å²) in [5, 5.41) is 9.85. The first kappa shape index (κ1) is 26.2. The molecule has 3 heterocycles. The van der Waals surface area contributed by atoms with Crippen LogP contribution in [-0.2, 0) is 11.2 Å². The Balaban J connectivity index is 1.63. The van der Waals surface area contributed by atoms with Gasteiger partial charge in [0.05, 0.1) is 25.6 Å². The molecule has 0 saturated carbocycles. The van der Waals surface area contributed by atoms with E-state index in [0.29, 0.717) is 23.4 Å². The van der Waals surface area contributed by atoms with Gasteiger partial charge in [-0.05, 0) is 42.8 Å². The Labute approximate surface area is 215 Å². The Bertz CT molecular complexity index is 1240. The lowest BCUT2D eigenvalue weighted by Crippen LogP contribution is -2.50. The zero-order chi connectivity index (χ0) is 26.5. The van der Waals surface area contributed by atoms with Crippen molar-refractivity contribution in [3.8, 4) is 17.0 Å². The van der Waals surface area contributed by atoms with Crippen molar-refractivity contribution in [3.05, 3.63) is 78.0 Å². The second-order valence-corrected chi connectivity index (χ2v) is 9.48. The minimum Gasteiger partial charge on any atom is -0.472 e. The highest BCUT2D eigenvalue weighted by molar-refractivity contribution is 5.98. The number of nitrogens with zero attached hydrogens (tertiary/aromatic N) is 4. The summed E-state index contributed by atoms with van der Waals surface area (Å²) in [5.74, 6) is -0.766. The van der Waals surface area contributed by atoms with Crippen LogP contribution >= 0.6 is 0 Å². The summed E-state index contributed by atoms with van der Waals surface area (Å²) in [6.07, 6.45) is 2.94. The number of halogens is 1. The maximum atomic E-state index is 13.6. The Morgan fingerprint density at radius 2 is 1.97 bits per heavy atom. The molecule has 3 aromatic rings. The molecule has 0 fully saturated rings. The van der Waals surface area contributed by atoms with Crippen molar-refractivity contribution < 1.29 is 23.8 Å². The molecule has 37 heavy (non-hydrogen) atoms. The zero-order valence-electron chi connectivity index (χ0n) is 21.2. The summed E-state index contributed by atoms with van der Waals surface area (Å²) in [6.45, 7) is 4.13. The van der Waals surface area contributed by atoms with E-state index in [1.807, 2.05) is 13.0 Å². The highest BCUT2D eigenvalue weighted by Gasteiger charge is 2.34. The molecule has 8 nitrogen and oxygen atoms in total. The van der Waals surface area contributed by atoms with E-state index in [0.717, 1.165) is 0 Å². The number of amides is 2. The van der Waals surface area contributed by atoms with Gasteiger partial charge in [-0.2, -0.15) is 0 Å². The molecular formula is C28H31FN4O4. The third-order valence-corrected chi connectivity index (χ3v) is 6.64. The molecular weight excluding hydrogens is 475 g/mol. The molecule has 1 aliphatic heterocycles. The summed E-state index contributed by atoms with van der Waals surface area (Å²) < 4.78 is 19.7. The van der Waals surface area contributed by atoms with E-state index in [9.17, 15) is 19.1 Å². The number of ether oxygens (including phenoxy) is 1. The average molecular weight is 507 g/mol. The van der Waals surface area contributed by atoms with Crippen LogP contribution in [0.4, 0.5) is 4.39 Å². The number of likely N-dealkylation sites (N-methyl/N-ethyl adjacent to an activating group) is 1. The smallest absolute Gasteiger partial charge is 0.259 e. The van der Waals surface area contributed by atoms with E-state index in [-0.39, 0.29) is 54.6 Å². The fraction of sp³-hybridized carbons (Fsp3) is 0.357. The van der Waals surface area contributed by atoms with Gasteiger partial charge in [-0.1, -0.05) is 25.1 Å². The van der Waals surface area contributed by atoms with E-state index in [2.05, 4.69) is 9.97 Å². The van der Waals surface area contributed by atoms with Gasteiger partial charge in [-0.25, -0.2) is 9.37 Å². The van der Waals surface area contributed by atoms with Crippen molar-refractivity contribution in [1.82, 2.24) is 19.8 Å². The fourth-order valence-electron chi connectivity index (χ4n) is 4.28. The molecule has 1 N–H and O–H groups in total. The van der Waals surface area contributed by atoms with E-state index in [1.165, 1.54) is 12.1 Å². The van der Waals surface area contributed by atoms with Crippen LogP contribution in [0.25, 0.3) is 11.1 Å². The number of carbonyl (C=O) groups excluding carboxylic acids is 2. The molecule has 2 aromatic heterocycles. The summed E-state index contributed by atoms with van der Waals surface area (Å²) in [4.78, 5) is 38.4. The van der Waals surface area contributed by atoms with Crippen LogP contribution in [0.2, 0.25) is 0 Å². The van der Waals surface area contributed by atoms with Gasteiger partial charge in [0.1, 0.15) is 17.5 Å². The van der Waals surface area contributed by atoms with Crippen LogP contribution in [0.5, 0.6) is 5.88 Å². The molecule has 4 rings (SSSR count). The minimum absolute atomic E-state index is 0.104. The van der Waals surface area contributed by atoms with Gasteiger partial charge in [-0.15, -0.1) is 0 Å². The van der Waals surface area contributed by atoms with Crippen LogP contribution in [0, 0.1) is 11.7 Å². The fourth-order valence-corrected chi connectivity index (χ4v) is 4.28. The Hall–Kier alpha value is -3.85. The van der Waals surface area contributed by atoms with Gasteiger partial charge in [0.2, 0.25) is 11.8 Å². The lowest BCUT2D eigenvalue weighted by Gasteiger charge is -2.37. The summed E-state index contributed by atoms with van der Waals surface area (Å²) in [7, 11) is 1.71. The van der Waals surface area contributed by atoms with Gasteiger partial charge >= 0.3 is 0 Å². The van der Waals surface area contributed by atoms with Gasteiger partial charge in [0.15, 0.2) is 0 Å². The minimum atomic E-state index is -0.456. The van der Waals surface area contributed by atoms with Gasteiger partial charge in [0.25, 0.3) is 5.91 Å². The predicted octanol–water partition coefficient (Wildman–Crippen LogP) is 3.20. The summed E-state index contributed by atoms with van der Waals surface area (Å²) >= 11 is 0. The van der Waals surface area contributed by atoms with Gasteiger partial charge < -0.3 is 19.6 Å². The molecule has 3 atom stereocenters. The van der Waals surface area contributed by atoms with Crippen LogP contribution in [-0.4, -0.2) is 75.6 Å². The molecule has 2 amide bonds. The van der Waals surface area contributed by atoms with Gasteiger partial charge in [0, 0.05) is 43.2 Å². The Kier molecular flexibility index (Phi) is 8.13. The number of fused-ring (bicyclic) bond motifs is 1. The maximum absolute atomic E-state index is 13.6. The standard InChI is InChI=1S/C28H31FN4O4/c1-18-15-33(19(2)17-34)28(36)24-12-21(20-7-9-22(29)10-8-20)14-31-27(24)37-25(18)16-32(3)26(35)13-23-6-4-5-11-30-23/h4-12,14,18-19,25,34H,13,15-17H2,1-3H3/t18-,19+,25-/m0/s1. The quantitative estimate of drug-likeness (QED) is 0.529. The van der Waals surface area contributed by atoms with Crippen molar-refractivity contribution in [3.63, 3.8) is 0 Å². The number of carbonyl (C=O) groups is 2. The van der Waals surface area contributed by atoms with Crippen LogP contribution in [0.15, 0.2) is 60.9 Å². The number of benzene rings is 1. The Morgan fingerprint density at radius 1 is 1.22 bits per heavy atom. The largest absolute Gasteiger partial charge is 0.472 e. The van der Waals surface area contributed by atoms with E-state index in [1.54, 1.807) is 66.5 Å². The highest BCUT2D eigenvalue weighted by Crippen LogP contribution is 2.30. The number of hydrogen-bond donors (Lipinski definition) is 1. The third kappa shape index (κ3) is 6.11. The number of pyridine rings is 2. The SMILES string of the molecule is C[C@H](CO)N1C[C@H](C)[C@H](CN(C)C(=O)Cc2ccccn2)Oc2ncc(-c3ccc(F)cc3)cc2C1=O. The van der Waals surface area contributed by atoms with Crippen molar-refractivity contribution in [1.29, 1.82) is 0 Å². The molecule has 9 heteroatoms. The second-order valence-electron chi connectivity index (χ2n) is 9.48. The van der Waals surface area contributed by atoms with Crippen molar-refractivity contribution in [2.45, 2.75) is 32.4 Å². The predicted molar refractivity (Wildman–Crippen MR) is 136 cm³/mol. The van der Waals surface area contributed by atoms with Crippen LogP contribution < -0.4 is 4.74 Å². The monoisotopic (exact) mass is 506 g/mol. The molecule has 0 radical (unpaired) electrons. The lowest BCUT2D eigenvalue weighted by molar-refractivity contribution is -0.130. The van der Waals surface area contributed by atoms with E-state index >= 15 is 0 Å². The molecule has 194 valence electrons. The first-order valence-electron chi connectivity index (χ1n) is 12.2. The normalized spacial score (nSPS) is 18.3. The third-order valence-electron chi connectivity index (χ3n) is 6.64. The molecule has 0 saturated heterocycles. The molecule has 1 aliphatic rings. The number of aliphatic hydroxyl groups is 1. The Morgan fingerprint density at radius 3 is 2.65 bits per heavy atom. The van der Waals surface area contributed by atoms with E-state index in [4.69, 9.17) is 4.74 Å². The first-order valence-corrected chi connectivity index (χ1v) is 12.2. The molecule has 0 unspecified atom stereocenters. The van der Waals surface area contributed by atoms with Crippen molar-refractivity contribution in [2.24, 2.45) is 5.92 Å². The highest BCUT2D eigenvalue weighted by atomic mass is 19.1. The maximum Gasteiger partial charge on any atom is 0.259 e. The van der Waals surface area contributed by atoms with Crippen molar-refractivity contribution in [2.75, 3.05) is 26.7 Å². The van der Waals surface area contributed by atoms with Crippen molar-refractivity contribution >= 4 is 11.8 Å². The lowest BCUT2D eigenvalue weighted by atomic mass is 9.99.